The Hall–Kier alpha value is -3.71. The van der Waals surface area contributed by atoms with E-state index < -0.39 is 12.0 Å². The molecule has 0 aliphatic heterocycles. The number of aliphatic carboxylic acids is 1. The van der Waals surface area contributed by atoms with E-state index in [2.05, 4.69) is 116 Å². The number of unbranched alkanes of at least 4 members (excludes halogenated alkanes) is 8. The highest BCUT2D eigenvalue weighted by atomic mass is 16.5. The van der Waals surface area contributed by atoms with E-state index in [0.717, 1.165) is 135 Å². The molecular weight excluding hydrogens is 697 g/mol. The van der Waals surface area contributed by atoms with Crippen molar-refractivity contribution in [3.8, 4) is 0 Å². The summed E-state index contributed by atoms with van der Waals surface area (Å²) in [5.74, 6) is -1.32. The van der Waals surface area contributed by atoms with Crippen LogP contribution in [-0.2, 0) is 19.1 Å². The van der Waals surface area contributed by atoms with Crippen molar-refractivity contribution in [2.24, 2.45) is 5.73 Å². The van der Waals surface area contributed by atoms with Crippen LogP contribution >= 0.6 is 0 Å². The van der Waals surface area contributed by atoms with E-state index in [1.165, 1.54) is 0 Å². The minimum Gasteiger partial charge on any atom is -0.480 e. The van der Waals surface area contributed by atoms with Gasteiger partial charge in [0.1, 0.15) is 12.1 Å². The van der Waals surface area contributed by atoms with E-state index >= 15 is 0 Å². The maximum atomic E-state index is 12.8. The summed E-state index contributed by atoms with van der Waals surface area (Å²) in [5.41, 5.74) is 5.49. The summed E-state index contributed by atoms with van der Waals surface area (Å²) in [6.45, 7) is 4.70. The molecule has 316 valence electrons. The Kier molecular flexibility index (Phi) is 39.6. The lowest BCUT2D eigenvalue weighted by molar-refractivity contribution is -0.150. The summed E-state index contributed by atoms with van der Waals surface area (Å²) in [7, 11) is 0. The van der Waals surface area contributed by atoms with Gasteiger partial charge in [-0.1, -0.05) is 130 Å². The first kappa shape index (κ1) is 52.3. The summed E-state index contributed by atoms with van der Waals surface area (Å²) >= 11 is 0. The second-order valence-corrected chi connectivity index (χ2v) is 14.3. The number of nitrogens with two attached hydrogens (primary N) is 1. The van der Waals surface area contributed by atoms with Gasteiger partial charge < -0.3 is 20.9 Å². The largest absolute Gasteiger partial charge is 0.480 e. The van der Waals surface area contributed by atoms with E-state index in [4.69, 9.17) is 10.5 Å². The van der Waals surface area contributed by atoms with Crippen molar-refractivity contribution in [3.05, 3.63) is 97.2 Å². The van der Waals surface area contributed by atoms with Gasteiger partial charge in [0.25, 0.3) is 0 Å². The maximum absolute atomic E-state index is 12.8. The van der Waals surface area contributed by atoms with Crippen LogP contribution in [0.15, 0.2) is 97.2 Å². The highest BCUT2D eigenvalue weighted by Gasteiger charge is 2.19. The molecule has 7 heteroatoms. The number of ether oxygens (including phenoxy) is 1. The van der Waals surface area contributed by atoms with Crippen LogP contribution in [0.25, 0.3) is 0 Å². The monoisotopic (exact) mass is 777 g/mol. The molecule has 56 heavy (non-hydrogen) atoms. The van der Waals surface area contributed by atoms with Gasteiger partial charge in [0.15, 0.2) is 0 Å². The summed E-state index contributed by atoms with van der Waals surface area (Å²) in [6, 6.07) is -0.870. The van der Waals surface area contributed by atoms with Crippen molar-refractivity contribution in [2.45, 2.75) is 187 Å². The van der Waals surface area contributed by atoms with Gasteiger partial charge in [0, 0.05) is 12.8 Å². The van der Waals surface area contributed by atoms with E-state index in [1.807, 2.05) is 0 Å². The molecule has 2 unspecified atom stereocenters. The summed E-state index contributed by atoms with van der Waals surface area (Å²) in [6.07, 6.45) is 57.3. The van der Waals surface area contributed by atoms with Crippen LogP contribution in [0.3, 0.4) is 0 Å². The van der Waals surface area contributed by atoms with Crippen LogP contribution in [0.4, 0.5) is 0 Å². The van der Waals surface area contributed by atoms with Gasteiger partial charge in [-0.2, -0.15) is 0 Å². The lowest BCUT2D eigenvalue weighted by atomic mass is 10.0. The van der Waals surface area contributed by atoms with E-state index in [1.54, 1.807) is 0 Å². The molecule has 0 aromatic rings. The number of esters is 1. The average molecular weight is 777 g/mol. The predicted octanol–water partition coefficient (Wildman–Crippen LogP) is 12.7. The number of carbonyl (C=O) groups is 3. The Morgan fingerprint density at radius 1 is 0.518 bits per heavy atom. The molecule has 0 spiro atoms. The van der Waals surface area contributed by atoms with Crippen LogP contribution in [0.5, 0.6) is 0 Å². The van der Waals surface area contributed by atoms with Crippen molar-refractivity contribution >= 4 is 17.8 Å². The standard InChI is InChI=1S/C49H80N2O5/c1-3-5-7-9-11-13-15-17-19-21-23-25-27-30-34-39-45(40-35-31-29-32-36-42-47(52)51-46(49(54)55)41-38-44-50)56-48(53)43-37-33-28-26-24-22-20-18-16-14-12-10-8-6-4-2/h5-8,11-14,17-20,23-26,45-46H,3-4,9-10,15-16,21-22,27-44,50H2,1-2H3,(H,51,52)(H,54,55)/b7-5-,8-6-,13-11-,14-12-,19-17-,20-18-,25-23-,26-24-. The summed E-state index contributed by atoms with van der Waals surface area (Å²) in [4.78, 5) is 36.4. The maximum Gasteiger partial charge on any atom is 0.326 e. The van der Waals surface area contributed by atoms with Crippen molar-refractivity contribution in [3.63, 3.8) is 0 Å². The van der Waals surface area contributed by atoms with Gasteiger partial charge in [-0.05, 0) is 135 Å². The number of amides is 1. The number of rotatable bonds is 38. The molecule has 0 rings (SSSR count). The molecule has 0 aromatic carbocycles. The Morgan fingerprint density at radius 2 is 0.929 bits per heavy atom. The number of hydrogen-bond acceptors (Lipinski definition) is 5. The normalized spacial score (nSPS) is 13.6. The van der Waals surface area contributed by atoms with Crippen molar-refractivity contribution in [1.82, 2.24) is 5.32 Å². The van der Waals surface area contributed by atoms with Crippen LogP contribution in [0.2, 0.25) is 0 Å². The summed E-state index contributed by atoms with van der Waals surface area (Å²) in [5, 5.41) is 11.9. The van der Waals surface area contributed by atoms with E-state index in [-0.39, 0.29) is 18.0 Å². The number of hydrogen-bond donors (Lipinski definition) is 3. The second-order valence-electron chi connectivity index (χ2n) is 14.3. The molecule has 0 fully saturated rings. The first-order chi connectivity index (χ1) is 27.4. The van der Waals surface area contributed by atoms with Crippen LogP contribution in [0, 0.1) is 0 Å². The zero-order valence-electron chi connectivity index (χ0n) is 35.4. The van der Waals surface area contributed by atoms with Crippen LogP contribution < -0.4 is 11.1 Å². The number of nitrogens with one attached hydrogen (secondary N) is 1. The van der Waals surface area contributed by atoms with Gasteiger partial charge in [-0.15, -0.1) is 0 Å². The number of carboxylic acids is 1. The van der Waals surface area contributed by atoms with Crippen LogP contribution in [-0.4, -0.2) is 41.6 Å². The fourth-order valence-electron chi connectivity index (χ4n) is 5.90. The number of carbonyl (C=O) groups excluding carboxylic acids is 2. The third-order valence-electron chi connectivity index (χ3n) is 9.14. The molecule has 0 bridgehead atoms. The summed E-state index contributed by atoms with van der Waals surface area (Å²) < 4.78 is 6.01. The molecule has 0 saturated carbocycles. The fraction of sp³-hybridized carbons (Fsp3) is 0.612. The third kappa shape index (κ3) is 38.6. The molecular formula is C49H80N2O5. The SMILES string of the molecule is CC/C=C\C/C=C\C/C=C\C/C=C\CCCCC(=O)OC(CCCC/C=C\C/C=C\C/C=C\C/C=C\CC)CCCCCCCC(=O)NC(CCCN)C(=O)O. The van der Waals surface area contributed by atoms with Crippen molar-refractivity contribution in [1.29, 1.82) is 0 Å². The molecule has 1 amide bonds. The number of carboxylic acid groups (broad SMARTS) is 1. The molecule has 0 saturated heterocycles. The smallest absolute Gasteiger partial charge is 0.326 e. The van der Waals surface area contributed by atoms with E-state index in [9.17, 15) is 19.5 Å². The number of allylic oxidation sites excluding steroid dienone is 16. The quantitative estimate of drug-likeness (QED) is 0.0326. The zero-order valence-corrected chi connectivity index (χ0v) is 35.4. The first-order valence-corrected chi connectivity index (χ1v) is 22.1. The molecule has 7 nitrogen and oxygen atoms in total. The predicted molar refractivity (Wildman–Crippen MR) is 238 cm³/mol. The van der Waals surface area contributed by atoms with Gasteiger partial charge >= 0.3 is 11.9 Å². The lowest BCUT2D eigenvalue weighted by Gasteiger charge is -2.18. The molecule has 0 heterocycles. The Labute approximate surface area is 342 Å². The molecule has 0 aliphatic rings. The molecule has 0 radical (unpaired) electrons. The van der Waals surface area contributed by atoms with Gasteiger partial charge in [-0.25, -0.2) is 4.79 Å². The van der Waals surface area contributed by atoms with Crippen molar-refractivity contribution < 1.29 is 24.2 Å². The zero-order chi connectivity index (χ0) is 41.0. The average Bonchev–Trinajstić information content (AvgIpc) is 3.18. The Balaban J connectivity index is 4.54. The van der Waals surface area contributed by atoms with Crippen LogP contribution in [0.1, 0.15) is 174 Å². The molecule has 4 N–H and O–H groups in total. The van der Waals surface area contributed by atoms with Gasteiger partial charge in [0.2, 0.25) is 5.91 Å². The highest BCUT2D eigenvalue weighted by molar-refractivity contribution is 5.83. The molecule has 2 atom stereocenters. The fourth-order valence-corrected chi connectivity index (χ4v) is 5.90. The Bertz CT molecular complexity index is 1190. The lowest BCUT2D eigenvalue weighted by Crippen LogP contribution is -2.40. The first-order valence-electron chi connectivity index (χ1n) is 22.1. The minimum atomic E-state index is -1.02. The van der Waals surface area contributed by atoms with Gasteiger partial charge in [-0.3, -0.25) is 9.59 Å². The highest BCUT2D eigenvalue weighted by Crippen LogP contribution is 2.18. The third-order valence-corrected chi connectivity index (χ3v) is 9.14. The second kappa shape index (κ2) is 42.4. The van der Waals surface area contributed by atoms with Crippen molar-refractivity contribution in [2.75, 3.05) is 6.54 Å². The topological polar surface area (TPSA) is 119 Å². The Morgan fingerprint density at radius 3 is 1.41 bits per heavy atom. The molecule has 0 aliphatic carbocycles. The van der Waals surface area contributed by atoms with Gasteiger partial charge in [0.05, 0.1) is 0 Å². The van der Waals surface area contributed by atoms with E-state index in [0.29, 0.717) is 32.2 Å². The minimum absolute atomic E-state index is 0.0542. The molecule has 0 aromatic heterocycles.